The Balaban J connectivity index is 3.17. The maximum atomic E-state index is 6.07. The minimum absolute atomic E-state index is 0.419. The van der Waals surface area contributed by atoms with Crippen molar-refractivity contribution in [3.8, 4) is 23.0 Å². The molecule has 0 amide bonds. The van der Waals surface area contributed by atoms with Gasteiger partial charge in [0.1, 0.15) is 5.75 Å². The zero-order valence-corrected chi connectivity index (χ0v) is 17.9. The van der Waals surface area contributed by atoms with Gasteiger partial charge in [0.15, 0.2) is 11.5 Å². The molecule has 0 heterocycles. The molecule has 0 aliphatic heterocycles. The fourth-order valence-corrected chi connectivity index (χ4v) is 2.02. The zero-order valence-electron chi connectivity index (χ0n) is 17.9. The van der Waals surface area contributed by atoms with Crippen LogP contribution in [0, 0.1) is 23.7 Å². The summed E-state index contributed by atoms with van der Waals surface area (Å²) in [7, 11) is 0. The Bertz CT molecular complexity index is 488. The van der Waals surface area contributed by atoms with E-state index in [4.69, 9.17) is 18.9 Å². The molecule has 1 rings (SSSR count). The molecule has 4 heteroatoms. The monoisotopic (exact) mass is 366 g/mol. The van der Waals surface area contributed by atoms with E-state index in [1.54, 1.807) is 0 Å². The zero-order chi connectivity index (χ0) is 19.7. The highest BCUT2D eigenvalue weighted by atomic mass is 16.5. The Hall–Kier alpha value is -1.58. The van der Waals surface area contributed by atoms with Crippen molar-refractivity contribution in [2.75, 3.05) is 26.4 Å². The van der Waals surface area contributed by atoms with E-state index in [0.29, 0.717) is 67.3 Å². The molecule has 4 nitrogen and oxygen atoms in total. The van der Waals surface area contributed by atoms with Crippen LogP contribution in [0.3, 0.4) is 0 Å². The van der Waals surface area contributed by atoms with Crippen LogP contribution in [0.15, 0.2) is 12.1 Å². The lowest BCUT2D eigenvalue weighted by molar-refractivity contribution is 0.203. The number of hydrogen-bond acceptors (Lipinski definition) is 4. The summed E-state index contributed by atoms with van der Waals surface area (Å²) in [4.78, 5) is 0. The Kier molecular flexibility index (Phi) is 9.68. The first kappa shape index (κ1) is 22.5. The van der Waals surface area contributed by atoms with Gasteiger partial charge in [0.05, 0.1) is 26.4 Å². The van der Waals surface area contributed by atoms with Gasteiger partial charge in [0, 0.05) is 12.1 Å². The average molecular weight is 367 g/mol. The fraction of sp³-hybridized carbons (Fsp3) is 0.727. The maximum absolute atomic E-state index is 6.07. The van der Waals surface area contributed by atoms with Crippen molar-refractivity contribution in [3.05, 3.63) is 12.1 Å². The quantitative estimate of drug-likeness (QED) is 0.467. The third-order valence-electron chi connectivity index (χ3n) is 3.28. The molecule has 0 fully saturated rings. The van der Waals surface area contributed by atoms with Crippen LogP contribution in [0.2, 0.25) is 0 Å². The second-order valence-electron chi connectivity index (χ2n) is 8.57. The molecule has 0 bridgehead atoms. The normalized spacial score (nSPS) is 11.5. The van der Waals surface area contributed by atoms with E-state index in [-0.39, 0.29) is 0 Å². The summed E-state index contributed by atoms with van der Waals surface area (Å²) in [5, 5.41) is 0. The maximum Gasteiger partial charge on any atom is 0.203 e. The molecular formula is C22H38O4. The van der Waals surface area contributed by atoms with E-state index in [0.717, 1.165) is 5.75 Å². The summed E-state index contributed by atoms with van der Waals surface area (Å²) < 4.78 is 24.1. The summed E-state index contributed by atoms with van der Waals surface area (Å²) in [6.07, 6.45) is 0. The van der Waals surface area contributed by atoms with Crippen LogP contribution in [0.25, 0.3) is 0 Å². The van der Waals surface area contributed by atoms with Crippen molar-refractivity contribution in [1.82, 2.24) is 0 Å². The molecule has 0 unspecified atom stereocenters. The van der Waals surface area contributed by atoms with Crippen LogP contribution in [0.1, 0.15) is 55.4 Å². The van der Waals surface area contributed by atoms with Crippen LogP contribution in [0.4, 0.5) is 0 Å². The molecule has 0 aliphatic carbocycles. The molecule has 0 aliphatic rings. The van der Waals surface area contributed by atoms with Gasteiger partial charge >= 0.3 is 0 Å². The summed E-state index contributed by atoms with van der Waals surface area (Å²) in [5.41, 5.74) is 0. The van der Waals surface area contributed by atoms with Crippen molar-refractivity contribution >= 4 is 0 Å². The molecule has 0 saturated carbocycles. The predicted octanol–water partition coefficient (Wildman–Crippen LogP) is 5.83. The minimum Gasteiger partial charge on any atom is -0.493 e. The van der Waals surface area contributed by atoms with Crippen LogP contribution >= 0.6 is 0 Å². The largest absolute Gasteiger partial charge is 0.493 e. The number of hydrogen-bond donors (Lipinski definition) is 0. The first-order valence-electron chi connectivity index (χ1n) is 9.88. The van der Waals surface area contributed by atoms with E-state index in [2.05, 4.69) is 55.4 Å². The van der Waals surface area contributed by atoms with Crippen LogP contribution in [-0.2, 0) is 0 Å². The van der Waals surface area contributed by atoms with E-state index in [9.17, 15) is 0 Å². The summed E-state index contributed by atoms with van der Waals surface area (Å²) in [5.74, 6) is 4.54. The lowest BCUT2D eigenvalue weighted by Gasteiger charge is -2.21. The highest BCUT2D eigenvalue weighted by molar-refractivity contribution is 5.56. The average Bonchev–Trinajstić information content (AvgIpc) is 2.54. The van der Waals surface area contributed by atoms with Gasteiger partial charge in [-0.2, -0.15) is 0 Å². The Labute approximate surface area is 160 Å². The molecule has 0 radical (unpaired) electrons. The van der Waals surface area contributed by atoms with Gasteiger partial charge in [-0.3, -0.25) is 0 Å². The lowest BCUT2D eigenvalue weighted by Crippen LogP contribution is -2.12. The van der Waals surface area contributed by atoms with Gasteiger partial charge in [0.2, 0.25) is 5.75 Å². The first-order valence-corrected chi connectivity index (χ1v) is 9.88. The molecule has 0 atom stereocenters. The topological polar surface area (TPSA) is 36.9 Å². The standard InChI is InChI=1S/C22H38O4/c1-15(2)11-23-19-9-20(24-12-16(3)4)22(26-14-18(7)8)21(10-19)25-13-17(5)6/h9-10,15-18H,11-14H2,1-8H3. The number of benzene rings is 1. The Morgan fingerprint density at radius 1 is 0.538 bits per heavy atom. The van der Waals surface area contributed by atoms with Crippen molar-refractivity contribution in [3.63, 3.8) is 0 Å². The molecule has 1 aromatic carbocycles. The van der Waals surface area contributed by atoms with Gasteiger partial charge in [-0.1, -0.05) is 55.4 Å². The molecule has 0 saturated heterocycles. The molecule has 1 aromatic rings. The van der Waals surface area contributed by atoms with E-state index in [1.165, 1.54) is 0 Å². The van der Waals surface area contributed by atoms with Gasteiger partial charge in [-0.15, -0.1) is 0 Å². The molecule has 0 spiro atoms. The summed E-state index contributed by atoms with van der Waals surface area (Å²) in [6, 6.07) is 3.84. The minimum atomic E-state index is 0.419. The second kappa shape index (κ2) is 11.2. The van der Waals surface area contributed by atoms with Gasteiger partial charge < -0.3 is 18.9 Å². The van der Waals surface area contributed by atoms with Crippen LogP contribution in [-0.4, -0.2) is 26.4 Å². The lowest BCUT2D eigenvalue weighted by atomic mass is 10.2. The van der Waals surface area contributed by atoms with Gasteiger partial charge in [-0.25, -0.2) is 0 Å². The van der Waals surface area contributed by atoms with Crippen molar-refractivity contribution < 1.29 is 18.9 Å². The third kappa shape index (κ3) is 8.68. The molecule has 0 aromatic heterocycles. The summed E-state index contributed by atoms with van der Waals surface area (Å²) in [6.45, 7) is 19.5. The predicted molar refractivity (Wildman–Crippen MR) is 108 cm³/mol. The highest BCUT2D eigenvalue weighted by Gasteiger charge is 2.18. The van der Waals surface area contributed by atoms with Crippen molar-refractivity contribution in [1.29, 1.82) is 0 Å². The second-order valence-corrected chi connectivity index (χ2v) is 8.57. The SMILES string of the molecule is CC(C)COc1cc(OCC(C)C)c(OCC(C)C)c(OCC(C)C)c1. The fourth-order valence-electron chi connectivity index (χ4n) is 2.02. The van der Waals surface area contributed by atoms with Crippen molar-refractivity contribution in [2.45, 2.75) is 55.4 Å². The highest BCUT2D eigenvalue weighted by Crippen LogP contribution is 2.42. The number of ether oxygens (including phenoxy) is 4. The van der Waals surface area contributed by atoms with E-state index >= 15 is 0 Å². The van der Waals surface area contributed by atoms with Gasteiger partial charge in [-0.05, 0) is 23.7 Å². The molecule has 26 heavy (non-hydrogen) atoms. The van der Waals surface area contributed by atoms with E-state index in [1.807, 2.05) is 12.1 Å². The van der Waals surface area contributed by atoms with Crippen LogP contribution in [0.5, 0.6) is 23.0 Å². The van der Waals surface area contributed by atoms with E-state index < -0.39 is 0 Å². The Morgan fingerprint density at radius 2 is 0.885 bits per heavy atom. The van der Waals surface area contributed by atoms with Gasteiger partial charge in [0.25, 0.3) is 0 Å². The van der Waals surface area contributed by atoms with Crippen molar-refractivity contribution in [2.24, 2.45) is 23.7 Å². The number of rotatable bonds is 12. The molecule has 0 N–H and O–H groups in total. The molecule has 150 valence electrons. The Morgan fingerprint density at radius 3 is 1.27 bits per heavy atom. The summed E-state index contributed by atoms with van der Waals surface area (Å²) >= 11 is 0. The first-order chi connectivity index (χ1) is 12.2. The molecular weight excluding hydrogens is 328 g/mol. The smallest absolute Gasteiger partial charge is 0.203 e. The third-order valence-corrected chi connectivity index (χ3v) is 3.28. The van der Waals surface area contributed by atoms with Crippen LogP contribution < -0.4 is 18.9 Å².